The van der Waals surface area contributed by atoms with E-state index in [9.17, 15) is 9.59 Å². The van der Waals surface area contributed by atoms with Crippen LogP contribution in [-0.2, 0) is 6.42 Å². The van der Waals surface area contributed by atoms with E-state index in [-0.39, 0.29) is 17.1 Å². The van der Waals surface area contributed by atoms with Crippen molar-refractivity contribution in [2.75, 3.05) is 4.90 Å². The molecule has 7 rings (SSSR count). The van der Waals surface area contributed by atoms with Gasteiger partial charge < -0.3 is 0 Å². The highest BCUT2D eigenvalue weighted by molar-refractivity contribution is 7.17. The molecular weight excluding hydrogens is 452 g/mol. The molecule has 0 spiro atoms. The molecule has 0 fully saturated rings. The number of ketones is 2. The van der Waals surface area contributed by atoms with Gasteiger partial charge in [-0.05, 0) is 64.4 Å². The zero-order chi connectivity index (χ0) is 23.5. The zero-order valence-electron chi connectivity index (χ0n) is 18.6. The Kier molecular flexibility index (Phi) is 4.35. The minimum absolute atomic E-state index is 0.207. The van der Waals surface area contributed by atoms with E-state index in [2.05, 4.69) is 34.1 Å². The highest BCUT2D eigenvalue weighted by Crippen LogP contribution is 2.45. The molecule has 2 aromatic heterocycles. The van der Waals surface area contributed by atoms with Crippen molar-refractivity contribution in [3.63, 3.8) is 0 Å². The lowest BCUT2D eigenvalue weighted by molar-refractivity contribution is 0.0990. The Morgan fingerprint density at radius 3 is 2.23 bits per heavy atom. The number of rotatable bonds is 2. The van der Waals surface area contributed by atoms with Crippen molar-refractivity contribution in [2.45, 2.75) is 6.42 Å². The molecule has 0 atom stereocenters. The van der Waals surface area contributed by atoms with Gasteiger partial charge in [0.1, 0.15) is 10.8 Å². The summed E-state index contributed by atoms with van der Waals surface area (Å²) in [4.78, 5) is 34.1. The van der Waals surface area contributed by atoms with E-state index < -0.39 is 0 Å². The number of hydrogen-bond donors (Lipinski definition) is 0. The molecule has 166 valence electrons. The second-order valence-corrected chi connectivity index (χ2v) is 9.86. The summed E-state index contributed by atoms with van der Waals surface area (Å²) < 4.78 is 0. The number of carbonyl (C=O) groups excluding carboxylic acids is 2. The van der Waals surface area contributed by atoms with Crippen molar-refractivity contribution < 1.29 is 9.59 Å². The van der Waals surface area contributed by atoms with E-state index in [1.54, 1.807) is 17.4 Å². The molecule has 0 radical (unpaired) electrons. The lowest BCUT2D eigenvalue weighted by Gasteiger charge is -2.30. The summed E-state index contributed by atoms with van der Waals surface area (Å²) in [5.74, 6) is 0.501. The van der Waals surface area contributed by atoms with Crippen LogP contribution in [0.25, 0.3) is 16.8 Å². The highest BCUT2D eigenvalue weighted by atomic mass is 32.1. The summed E-state index contributed by atoms with van der Waals surface area (Å²) in [7, 11) is 0. The predicted molar refractivity (Wildman–Crippen MR) is 140 cm³/mol. The maximum Gasteiger partial charge on any atom is 0.197 e. The third-order valence-electron chi connectivity index (χ3n) is 6.68. The van der Waals surface area contributed by atoms with E-state index in [1.807, 2.05) is 66.9 Å². The molecule has 0 bridgehead atoms. The predicted octanol–water partition coefficient (Wildman–Crippen LogP) is 7.13. The number of carbonyl (C=O) groups is 2. The van der Waals surface area contributed by atoms with Crippen LogP contribution in [-0.4, -0.2) is 16.6 Å². The molecule has 0 unspecified atom stereocenters. The number of anilines is 3. The molecule has 1 aliphatic heterocycles. The van der Waals surface area contributed by atoms with Gasteiger partial charge in [0.25, 0.3) is 0 Å². The third-order valence-corrected chi connectivity index (χ3v) is 7.69. The molecule has 0 amide bonds. The molecule has 3 heterocycles. The van der Waals surface area contributed by atoms with Crippen LogP contribution in [0.2, 0.25) is 0 Å². The van der Waals surface area contributed by atoms with E-state index in [0.717, 1.165) is 38.6 Å². The Morgan fingerprint density at radius 1 is 0.771 bits per heavy atom. The number of hydrogen-bond acceptors (Lipinski definition) is 5. The summed E-state index contributed by atoms with van der Waals surface area (Å²) in [5, 5.41) is 2.91. The van der Waals surface area contributed by atoms with Gasteiger partial charge in [0.05, 0.1) is 11.3 Å². The third kappa shape index (κ3) is 3.09. The summed E-state index contributed by atoms with van der Waals surface area (Å²) in [6, 6.07) is 27.9. The van der Waals surface area contributed by atoms with E-state index in [4.69, 9.17) is 0 Å². The first kappa shape index (κ1) is 20.1. The molecule has 2 aliphatic rings. The maximum absolute atomic E-state index is 13.2. The smallest absolute Gasteiger partial charge is 0.197 e. The molecule has 5 aromatic rings. The van der Waals surface area contributed by atoms with Gasteiger partial charge in [-0.15, -0.1) is 11.3 Å². The fourth-order valence-electron chi connectivity index (χ4n) is 5.01. The second kappa shape index (κ2) is 7.58. The highest BCUT2D eigenvalue weighted by Gasteiger charge is 2.34. The molecule has 35 heavy (non-hydrogen) atoms. The Hall–Kier alpha value is -4.35. The number of allylic oxidation sites excluding steroid dienone is 1. The number of thiophene rings is 1. The van der Waals surface area contributed by atoms with Gasteiger partial charge in [-0.1, -0.05) is 48.5 Å². The van der Waals surface area contributed by atoms with E-state index >= 15 is 0 Å². The Balaban J connectivity index is 1.30. The normalized spacial score (nSPS) is 14.2. The minimum atomic E-state index is -0.207. The Morgan fingerprint density at radius 2 is 1.46 bits per heavy atom. The van der Waals surface area contributed by atoms with E-state index in [0.29, 0.717) is 11.1 Å². The van der Waals surface area contributed by atoms with Crippen molar-refractivity contribution >= 4 is 56.3 Å². The second-order valence-electron chi connectivity index (χ2n) is 8.76. The van der Waals surface area contributed by atoms with Crippen LogP contribution in [0.1, 0.15) is 36.7 Å². The molecule has 0 saturated carbocycles. The van der Waals surface area contributed by atoms with Crippen molar-refractivity contribution in [3.8, 4) is 0 Å². The summed E-state index contributed by atoms with van der Waals surface area (Å²) >= 11 is 1.54. The molecule has 4 nitrogen and oxygen atoms in total. The minimum Gasteiger partial charge on any atom is -0.288 e. The number of pyridine rings is 1. The largest absolute Gasteiger partial charge is 0.288 e. The van der Waals surface area contributed by atoms with Crippen molar-refractivity contribution in [2.24, 2.45) is 0 Å². The van der Waals surface area contributed by atoms with Gasteiger partial charge in [-0.3, -0.25) is 14.5 Å². The van der Waals surface area contributed by atoms with Crippen LogP contribution in [0, 0.1) is 0 Å². The first-order valence-electron chi connectivity index (χ1n) is 11.4. The lowest BCUT2D eigenvalue weighted by atomic mass is 9.98. The number of fused-ring (bicyclic) bond motifs is 4. The summed E-state index contributed by atoms with van der Waals surface area (Å²) in [6.45, 7) is 0. The molecule has 1 aliphatic carbocycles. The molecule has 0 N–H and O–H groups in total. The summed E-state index contributed by atoms with van der Waals surface area (Å²) in [6.07, 6.45) is 4.39. The number of benzene rings is 3. The Labute approximate surface area is 205 Å². The van der Waals surface area contributed by atoms with Gasteiger partial charge in [0.2, 0.25) is 0 Å². The number of Topliss-reactive ketones (excluding diaryl/α,β-unsaturated/α-hetero) is 2. The summed E-state index contributed by atoms with van der Waals surface area (Å²) in [5.41, 5.74) is 4.71. The van der Waals surface area contributed by atoms with Gasteiger partial charge >= 0.3 is 0 Å². The fraction of sp³-hybridized carbons (Fsp3) is 0.0333. The molecule has 0 saturated heterocycles. The lowest BCUT2D eigenvalue weighted by Crippen LogP contribution is -2.18. The van der Waals surface area contributed by atoms with Crippen LogP contribution >= 0.6 is 11.3 Å². The monoisotopic (exact) mass is 470 g/mol. The number of nitrogens with zero attached hydrogens (tertiary/aromatic N) is 2. The van der Waals surface area contributed by atoms with Gasteiger partial charge in [-0.2, -0.15) is 0 Å². The molecule has 3 aromatic carbocycles. The average molecular weight is 471 g/mol. The Bertz CT molecular complexity index is 1630. The van der Waals surface area contributed by atoms with Crippen LogP contribution in [0.3, 0.4) is 0 Å². The van der Waals surface area contributed by atoms with E-state index in [1.165, 1.54) is 11.1 Å². The molecule has 5 heteroatoms. The number of para-hydroxylation sites is 1. The van der Waals surface area contributed by atoms with Crippen LogP contribution in [0.4, 0.5) is 16.5 Å². The first-order chi connectivity index (χ1) is 17.2. The van der Waals surface area contributed by atoms with Gasteiger partial charge in [0.15, 0.2) is 11.6 Å². The van der Waals surface area contributed by atoms with Gasteiger partial charge in [0, 0.05) is 28.6 Å². The van der Waals surface area contributed by atoms with Crippen LogP contribution in [0.15, 0.2) is 96.7 Å². The van der Waals surface area contributed by atoms with Crippen molar-refractivity contribution in [1.29, 1.82) is 0 Å². The standard InChI is InChI=1S/C30H18N2O2S/c33-28-23-15-18-6-1-2-7-19(18)16-24(23)29(34)25(28)17-22-11-12-27(35-22)32-26-10-4-3-8-20(26)14-21-9-5-13-31-30(21)32/h1-13,15-17H,14H2. The van der Waals surface area contributed by atoms with Crippen LogP contribution in [0.5, 0.6) is 0 Å². The quantitative estimate of drug-likeness (QED) is 0.199. The SMILES string of the molecule is O=C1C(=Cc2ccc(N3c4ccccc4Cc4cccnc43)s2)C(=O)c2cc3ccccc3cc21. The zero-order valence-corrected chi connectivity index (χ0v) is 19.4. The number of aromatic nitrogens is 1. The average Bonchev–Trinajstić information content (AvgIpc) is 3.44. The van der Waals surface area contributed by atoms with Gasteiger partial charge in [-0.25, -0.2) is 4.98 Å². The van der Waals surface area contributed by atoms with Crippen molar-refractivity contribution in [3.05, 3.63) is 124 Å². The maximum atomic E-state index is 13.2. The van der Waals surface area contributed by atoms with Crippen molar-refractivity contribution in [1.82, 2.24) is 4.98 Å². The molecular formula is C30H18N2O2S. The van der Waals surface area contributed by atoms with Crippen LogP contribution < -0.4 is 4.90 Å². The topological polar surface area (TPSA) is 50.3 Å². The fourth-order valence-corrected chi connectivity index (χ4v) is 5.98. The first-order valence-corrected chi connectivity index (χ1v) is 12.2.